The summed E-state index contributed by atoms with van der Waals surface area (Å²) >= 11 is 0. The van der Waals surface area contributed by atoms with Gasteiger partial charge in [-0.25, -0.2) is 15.6 Å². The van der Waals surface area contributed by atoms with Gasteiger partial charge in [-0.05, 0) is 6.92 Å². The van der Waals surface area contributed by atoms with E-state index in [2.05, 4.69) is 9.47 Å². The first-order valence-electron chi connectivity index (χ1n) is 3.37. The van der Waals surface area contributed by atoms with Crippen LogP contribution in [-0.4, -0.2) is 37.3 Å². The number of esters is 1. The fourth-order valence-corrected chi connectivity index (χ4v) is 0.528. The number of methoxy groups -OCH3 is 1. The lowest BCUT2D eigenvalue weighted by atomic mass is 10.6. The molecule has 0 bridgehead atoms. The second-order valence-corrected chi connectivity index (χ2v) is 1.90. The zero-order valence-electron chi connectivity index (χ0n) is 7.07. The number of nitrogens with two attached hydrogens (primary N) is 1. The maximum atomic E-state index is 10.7. The lowest BCUT2D eigenvalue weighted by molar-refractivity contribution is -0.144. The smallest absolute Gasteiger partial charge is 0.424 e. The maximum absolute atomic E-state index is 10.7. The largest absolute Gasteiger partial charge is 0.465 e. The zero-order valence-corrected chi connectivity index (χ0v) is 7.07. The molecule has 1 amide bonds. The van der Waals surface area contributed by atoms with Crippen LogP contribution in [0.3, 0.4) is 0 Å². The van der Waals surface area contributed by atoms with Gasteiger partial charge in [-0.3, -0.25) is 4.79 Å². The number of carbonyl (C=O) groups is 2. The molecule has 2 N–H and O–H groups in total. The van der Waals surface area contributed by atoms with Crippen molar-refractivity contribution in [3.05, 3.63) is 0 Å². The lowest BCUT2D eigenvalue weighted by Gasteiger charge is -2.12. The molecule has 0 aromatic rings. The average Bonchev–Trinajstić information content (AvgIpc) is 2.03. The maximum Gasteiger partial charge on any atom is 0.424 e. The average molecular weight is 176 g/mol. The van der Waals surface area contributed by atoms with Gasteiger partial charge < -0.3 is 9.47 Å². The molecule has 0 fully saturated rings. The van der Waals surface area contributed by atoms with E-state index < -0.39 is 12.1 Å². The van der Waals surface area contributed by atoms with E-state index in [0.29, 0.717) is 5.01 Å². The second-order valence-electron chi connectivity index (χ2n) is 1.90. The Labute approximate surface area is 70.2 Å². The Hall–Kier alpha value is -1.30. The summed E-state index contributed by atoms with van der Waals surface area (Å²) in [6.07, 6.45) is -0.775. The molecule has 6 heteroatoms. The third-order valence-electron chi connectivity index (χ3n) is 1.01. The minimum absolute atomic E-state index is 0.258. The number of hydrogen-bond donors (Lipinski definition) is 1. The van der Waals surface area contributed by atoms with Crippen LogP contribution in [-0.2, 0) is 14.3 Å². The Balaban J connectivity index is 3.75. The highest BCUT2D eigenvalue weighted by Gasteiger charge is 2.13. The topological polar surface area (TPSA) is 81.9 Å². The van der Waals surface area contributed by atoms with Crippen LogP contribution in [0, 0.1) is 0 Å². The monoisotopic (exact) mass is 176 g/mol. The number of nitrogens with zero attached hydrogens (tertiary/aromatic N) is 1. The van der Waals surface area contributed by atoms with E-state index >= 15 is 0 Å². The van der Waals surface area contributed by atoms with Crippen molar-refractivity contribution in [2.24, 2.45) is 5.84 Å². The molecule has 0 aliphatic rings. The van der Waals surface area contributed by atoms with Gasteiger partial charge in [0.2, 0.25) is 0 Å². The fourth-order valence-electron chi connectivity index (χ4n) is 0.528. The van der Waals surface area contributed by atoms with Gasteiger partial charge in [-0.1, -0.05) is 0 Å². The highest BCUT2D eigenvalue weighted by molar-refractivity contribution is 5.77. The first-order valence-corrected chi connectivity index (χ1v) is 3.37. The molecule has 0 aliphatic heterocycles. The van der Waals surface area contributed by atoms with Gasteiger partial charge in [-0.15, -0.1) is 0 Å². The third kappa shape index (κ3) is 3.77. The Morgan fingerprint density at radius 1 is 1.50 bits per heavy atom. The molecule has 12 heavy (non-hydrogen) atoms. The Morgan fingerprint density at radius 3 is 2.50 bits per heavy atom. The van der Waals surface area contributed by atoms with Crippen molar-refractivity contribution in [2.75, 3.05) is 20.3 Å². The number of carbonyl (C=O) groups excluding carboxylic acids is 2. The molecular formula is C6H12N2O4. The van der Waals surface area contributed by atoms with Gasteiger partial charge in [-0.2, -0.15) is 0 Å². The number of hydrogen-bond acceptors (Lipinski definition) is 5. The van der Waals surface area contributed by atoms with E-state index in [4.69, 9.17) is 5.84 Å². The van der Waals surface area contributed by atoms with Crippen LogP contribution in [0.25, 0.3) is 0 Å². The van der Waals surface area contributed by atoms with E-state index in [0.717, 1.165) is 0 Å². The highest BCUT2D eigenvalue weighted by atomic mass is 16.6. The molecule has 6 nitrogen and oxygen atoms in total. The van der Waals surface area contributed by atoms with Crippen molar-refractivity contribution in [3.63, 3.8) is 0 Å². The standard InChI is InChI=1S/C6H12N2O4/c1-3-12-5(9)4-8(7)6(10)11-2/h3-4,7H2,1-2H3. The van der Waals surface area contributed by atoms with Crippen LogP contribution < -0.4 is 5.84 Å². The van der Waals surface area contributed by atoms with Crippen molar-refractivity contribution < 1.29 is 19.1 Å². The Bertz CT molecular complexity index is 171. The second kappa shape index (κ2) is 5.36. The first-order chi connectivity index (χ1) is 5.61. The Kier molecular flexibility index (Phi) is 4.78. The molecule has 0 saturated heterocycles. The number of rotatable bonds is 3. The zero-order chi connectivity index (χ0) is 9.56. The SMILES string of the molecule is CCOC(=O)CN(N)C(=O)OC. The van der Waals surface area contributed by atoms with E-state index in [1.54, 1.807) is 6.92 Å². The van der Waals surface area contributed by atoms with Gasteiger partial charge in [0.15, 0.2) is 0 Å². The van der Waals surface area contributed by atoms with Crippen LogP contribution in [0.15, 0.2) is 0 Å². The predicted molar refractivity (Wildman–Crippen MR) is 39.9 cm³/mol. The molecule has 0 saturated carbocycles. The van der Waals surface area contributed by atoms with Crippen molar-refractivity contribution in [3.8, 4) is 0 Å². The Morgan fingerprint density at radius 2 is 2.08 bits per heavy atom. The van der Waals surface area contributed by atoms with Crippen molar-refractivity contribution in [1.29, 1.82) is 0 Å². The van der Waals surface area contributed by atoms with Crippen molar-refractivity contribution in [2.45, 2.75) is 6.92 Å². The lowest BCUT2D eigenvalue weighted by Crippen LogP contribution is -2.41. The molecule has 0 spiro atoms. The third-order valence-corrected chi connectivity index (χ3v) is 1.01. The number of hydrazine groups is 1. The summed E-state index contributed by atoms with van der Waals surface area (Å²) in [6, 6.07) is 0. The number of amides is 1. The molecule has 0 heterocycles. The van der Waals surface area contributed by atoms with Gasteiger partial charge in [0.05, 0.1) is 13.7 Å². The molecule has 0 rings (SSSR count). The molecule has 0 atom stereocenters. The van der Waals surface area contributed by atoms with Crippen LogP contribution in [0.5, 0.6) is 0 Å². The summed E-state index contributed by atoms with van der Waals surface area (Å²) in [7, 11) is 1.17. The van der Waals surface area contributed by atoms with E-state index in [9.17, 15) is 9.59 Å². The first kappa shape index (κ1) is 10.7. The predicted octanol–water partition coefficient (Wildman–Crippen LogP) is -0.508. The summed E-state index contributed by atoms with van der Waals surface area (Å²) in [5.41, 5.74) is 0. The summed E-state index contributed by atoms with van der Waals surface area (Å²) in [5, 5.41) is 0.637. The summed E-state index contributed by atoms with van der Waals surface area (Å²) in [6.45, 7) is 1.62. The molecule has 0 radical (unpaired) electrons. The van der Waals surface area contributed by atoms with E-state index in [1.165, 1.54) is 7.11 Å². The van der Waals surface area contributed by atoms with E-state index in [1.807, 2.05) is 0 Å². The molecule has 0 aromatic heterocycles. The van der Waals surface area contributed by atoms with Gasteiger partial charge in [0.25, 0.3) is 0 Å². The molecule has 0 aliphatic carbocycles. The summed E-state index contributed by atoms with van der Waals surface area (Å²) in [4.78, 5) is 21.3. The minimum atomic E-state index is -0.775. The van der Waals surface area contributed by atoms with Crippen molar-refractivity contribution >= 4 is 12.1 Å². The van der Waals surface area contributed by atoms with Crippen molar-refractivity contribution in [1.82, 2.24) is 5.01 Å². The summed E-state index contributed by atoms with van der Waals surface area (Å²) in [5.74, 6) is 4.55. The van der Waals surface area contributed by atoms with Crippen LogP contribution in [0.4, 0.5) is 4.79 Å². The van der Waals surface area contributed by atoms with Crippen LogP contribution in [0.2, 0.25) is 0 Å². The highest BCUT2D eigenvalue weighted by Crippen LogP contribution is 1.86. The summed E-state index contributed by atoms with van der Waals surface area (Å²) < 4.78 is 8.78. The van der Waals surface area contributed by atoms with Gasteiger partial charge in [0.1, 0.15) is 6.54 Å². The molecule has 0 aromatic carbocycles. The van der Waals surface area contributed by atoms with Crippen LogP contribution in [0.1, 0.15) is 6.92 Å². The minimum Gasteiger partial charge on any atom is -0.465 e. The normalized spacial score (nSPS) is 8.92. The molecule has 70 valence electrons. The number of ether oxygens (including phenoxy) is 2. The van der Waals surface area contributed by atoms with Gasteiger partial charge in [0, 0.05) is 0 Å². The fraction of sp³-hybridized carbons (Fsp3) is 0.667. The molecule has 0 unspecified atom stereocenters. The van der Waals surface area contributed by atoms with Crippen LogP contribution >= 0.6 is 0 Å². The van der Waals surface area contributed by atoms with E-state index in [-0.39, 0.29) is 13.2 Å². The quantitative estimate of drug-likeness (QED) is 0.271. The van der Waals surface area contributed by atoms with Gasteiger partial charge >= 0.3 is 12.1 Å². The molecular weight excluding hydrogens is 164 g/mol.